The molecule has 2 aromatic rings. The summed E-state index contributed by atoms with van der Waals surface area (Å²) in [6.07, 6.45) is 0.651. The molecule has 0 aliphatic rings. The Kier molecular flexibility index (Phi) is 5.38. The predicted octanol–water partition coefficient (Wildman–Crippen LogP) is 2.94. The molecular formula is C14H18ClN3O2. The second kappa shape index (κ2) is 7.26. The highest BCUT2D eigenvalue weighted by Gasteiger charge is 2.13. The van der Waals surface area contributed by atoms with Gasteiger partial charge in [-0.25, -0.2) is 0 Å². The number of halogens is 1. The van der Waals surface area contributed by atoms with Gasteiger partial charge in [-0.1, -0.05) is 28.9 Å². The van der Waals surface area contributed by atoms with Crippen molar-refractivity contribution in [3.8, 4) is 0 Å². The molecule has 108 valence electrons. The van der Waals surface area contributed by atoms with Gasteiger partial charge in [0.15, 0.2) is 5.82 Å². The lowest BCUT2D eigenvalue weighted by Crippen LogP contribution is -2.22. The Morgan fingerprint density at radius 3 is 2.85 bits per heavy atom. The molecule has 0 unspecified atom stereocenters. The van der Waals surface area contributed by atoms with Gasteiger partial charge >= 0.3 is 0 Å². The monoisotopic (exact) mass is 295 g/mol. The largest absolute Gasteiger partial charge is 0.384 e. The number of ether oxygens (including phenoxy) is 1. The van der Waals surface area contributed by atoms with E-state index in [1.165, 1.54) is 0 Å². The third kappa shape index (κ3) is 3.71. The zero-order valence-corrected chi connectivity index (χ0v) is 12.4. The number of aromatic nitrogens is 2. The van der Waals surface area contributed by atoms with Crippen molar-refractivity contribution in [3.05, 3.63) is 41.0 Å². The van der Waals surface area contributed by atoms with Crippen LogP contribution in [0.2, 0.25) is 5.02 Å². The fourth-order valence-corrected chi connectivity index (χ4v) is 2.14. The summed E-state index contributed by atoms with van der Waals surface area (Å²) in [5.41, 5.74) is 0.966. The third-order valence-electron chi connectivity index (χ3n) is 2.94. The summed E-state index contributed by atoms with van der Waals surface area (Å²) in [4.78, 5) is 6.44. The molecular weight excluding hydrogens is 278 g/mol. The zero-order chi connectivity index (χ0) is 14.4. The maximum Gasteiger partial charge on any atom is 0.246 e. The van der Waals surface area contributed by atoms with E-state index in [0.29, 0.717) is 36.3 Å². The van der Waals surface area contributed by atoms with Crippen molar-refractivity contribution >= 4 is 17.3 Å². The van der Waals surface area contributed by atoms with Gasteiger partial charge in [-0.05, 0) is 19.1 Å². The predicted molar refractivity (Wildman–Crippen MR) is 78.1 cm³/mol. The van der Waals surface area contributed by atoms with E-state index in [1.807, 2.05) is 24.3 Å². The lowest BCUT2D eigenvalue weighted by Gasteiger charge is -2.22. The number of rotatable bonds is 7. The first-order valence-electron chi connectivity index (χ1n) is 6.54. The van der Waals surface area contributed by atoms with E-state index in [4.69, 9.17) is 20.9 Å². The molecule has 2 rings (SSSR count). The number of benzene rings is 1. The second-order valence-electron chi connectivity index (χ2n) is 4.31. The average molecular weight is 296 g/mol. The zero-order valence-electron chi connectivity index (χ0n) is 11.7. The van der Waals surface area contributed by atoms with Crippen LogP contribution in [0, 0.1) is 0 Å². The minimum atomic E-state index is 0.542. The number of methoxy groups -OCH3 is 1. The maximum absolute atomic E-state index is 6.21. The Labute approximate surface area is 123 Å². The van der Waals surface area contributed by atoms with E-state index >= 15 is 0 Å². The first-order chi connectivity index (χ1) is 9.74. The molecule has 0 radical (unpaired) electrons. The lowest BCUT2D eigenvalue weighted by atomic mass is 10.3. The van der Waals surface area contributed by atoms with Crippen molar-refractivity contribution in [3.63, 3.8) is 0 Å². The molecule has 0 aliphatic heterocycles. The van der Waals surface area contributed by atoms with Crippen LogP contribution in [-0.2, 0) is 17.7 Å². The van der Waals surface area contributed by atoms with Crippen molar-refractivity contribution in [1.29, 1.82) is 0 Å². The summed E-state index contributed by atoms with van der Waals surface area (Å²) in [5, 5.41) is 4.65. The van der Waals surface area contributed by atoms with E-state index in [0.717, 1.165) is 12.2 Å². The number of hydrogen-bond donors (Lipinski definition) is 0. The maximum atomic E-state index is 6.21. The fourth-order valence-electron chi connectivity index (χ4n) is 1.89. The Morgan fingerprint density at radius 1 is 1.35 bits per heavy atom. The van der Waals surface area contributed by atoms with Crippen LogP contribution in [0.5, 0.6) is 0 Å². The highest BCUT2D eigenvalue weighted by atomic mass is 35.5. The molecule has 0 amide bonds. The molecule has 1 aromatic carbocycles. The summed E-state index contributed by atoms with van der Waals surface area (Å²) in [6, 6.07) is 7.72. The molecule has 6 heteroatoms. The Hall–Kier alpha value is -1.59. The van der Waals surface area contributed by atoms with Gasteiger partial charge in [0.2, 0.25) is 5.89 Å². The van der Waals surface area contributed by atoms with Gasteiger partial charge in [-0.2, -0.15) is 4.98 Å². The molecule has 0 N–H and O–H groups in total. The third-order valence-corrected chi connectivity index (χ3v) is 3.26. The lowest BCUT2D eigenvalue weighted by molar-refractivity contribution is 0.199. The van der Waals surface area contributed by atoms with Gasteiger partial charge in [0.25, 0.3) is 0 Å². The van der Waals surface area contributed by atoms with Crippen LogP contribution in [0.1, 0.15) is 18.6 Å². The van der Waals surface area contributed by atoms with Gasteiger partial charge in [-0.3, -0.25) is 0 Å². The van der Waals surface area contributed by atoms with Gasteiger partial charge in [0, 0.05) is 20.1 Å². The fraction of sp³-hybridized carbons (Fsp3) is 0.429. The molecule has 0 aliphatic carbocycles. The van der Waals surface area contributed by atoms with Crippen LogP contribution in [0.15, 0.2) is 28.8 Å². The molecule has 1 aromatic heterocycles. The van der Waals surface area contributed by atoms with Crippen LogP contribution in [-0.4, -0.2) is 30.4 Å². The molecule has 0 saturated heterocycles. The number of anilines is 1. The minimum Gasteiger partial charge on any atom is -0.384 e. The quantitative estimate of drug-likeness (QED) is 0.786. The summed E-state index contributed by atoms with van der Waals surface area (Å²) < 4.78 is 10.2. The number of nitrogens with zero attached hydrogens (tertiary/aromatic N) is 3. The smallest absolute Gasteiger partial charge is 0.246 e. The van der Waals surface area contributed by atoms with E-state index in [2.05, 4.69) is 22.0 Å². The first-order valence-corrected chi connectivity index (χ1v) is 6.92. The topological polar surface area (TPSA) is 51.4 Å². The van der Waals surface area contributed by atoms with E-state index in [-0.39, 0.29) is 0 Å². The number of hydrogen-bond acceptors (Lipinski definition) is 5. The van der Waals surface area contributed by atoms with Crippen molar-refractivity contribution in [2.45, 2.75) is 19.9 Å². The van der Waals surface area contributed by atoms with Crippen molar-refractivity contribution in [2.75, 3.05) is 25.2 Å². The van der Waals surface area contributed by atoms with E-state index < -0.39 is 0 Å². The summed E-state index contributed by atoms with van der Waals surface area (Å²) in [6.45, 7) is 3.99. The Bertz CT molecular complexity index is 545. The summed E-state index contributed by atoms with van der Waals surface area (Å²) >= 11 is 6.21. The average Bonchev–Trinajstić information content (AvgIpc) is 2.91. The number of para-hydroxylation sites is 1. The van der Waals surface area contributed by atoms with Crippen molar-refractivity contribution in [2.24, 2.45) is 0 Å². The Morgan fingerprint density at radius 2 is 2.15 bits per heavy atom. The molecule has 0 fully saturated rings. The van der Waals surface area contributed by atoms with E-state index in [1.54, 1.807) is 7.11 Å². The molecule has 0 bridgehead atoms. The van der Waals surface area contributed by atoms with Crippen LogP contribution in [0.4, 0.5) is 5.69 Å². The molecule has 5 nitrogen and oxygen atoms in total. The normalized spacial score (nSPS) is 10.8. The van der Waals surface area contributed by atoms with Gasteiger partial charge < -0.3 is 14.2 Å². The molecule has 0 atom stereocenters. The Balaban J connectivity index is 2.07. The summed E-state index contributed by atoms with van der Waals surface area (Å²) in [7, 11) is 1.65. The molecule has 20 heavy (non-hydrogen) atoms. The van der Waals surface area contributed by atoms with Gasteiger partial charge in [0.1, 0.15) is 0 Å². The van der Waals surface area contributed by atoms with E-state index in [9.17, 15) is 0 Å². The van der Waals surface area contributed by atoms with Gasteiger partial charge in [-0.15, -0.1) is 0 Å². The highest BCUT2D eigenvalue weighted by molar-refractivity contribution is 6.33. The van der Waals surface area contributed by atoms with Crippen molar-refractivity contribution < 1.29 is 9.26 Å². The highest BCUT2D eigenvalue weighted by Crippen LogP contribution is 2.26. The SMILES string of the molecule is CCN(Cc1nc(CCOC)no1)c1ccccc1Cl. The first kappa shape index (κ1) is 14.8. The van der Waals surface area contributed by atoms with Crippen LogP contribution >= 0.6 is 11.6 Å². The minimum absolute atomic E-state index is 0.542. The summed E-state index contributed by atoms with van der Waals surface area (Å²) in [5.74, 6) is 1.25. The second-order valence-corrected chi connectivity index (χ2v) is 4.72. The van der Waals surface area contributed by atoms with Crippen LogP contribution in [0.3, 0.4) is 0 Å². The van der Waals surface area contributed by atoms with Crippen molar-refractivity contribution in [1.82, 2.24) is 10.1 Å². The standard InChI is InChI=1S/C14H18ClN3O2/c1-3-18(12-7-5-4-6-11(12)15)10-14-16-13(17-20-14)8-9-19-2/h4-7H,3,8-10H2,1-2H3. The molecule has 0 spiro atoms. The van der Waals surface area contributed by atoms with Crippen LogP contribution < -0.4 is 4.90 Å². The molecule has 1 heterocycles. The molecule has 0 saturated carbocycles. The van der Waals surface area contributed by atoms with Gasteiger partial charge in [0.05, 0.1) is 23.9 Å². The van der Waals surface area contributed by atoms with Crippen LogP contribution in [0.25, 0.3) is 0 Å².